The Morgan fingerprint density at radius 2 is 2.35 bits per heavy atom. The van der Waals surface area contributed by atoms with Crippen LogP contribution in [-0.2, 0) is 4.74 Å². The number of hydrogen-bond donors (Lipinski definition) is 1. The molecule has 5 heteroatoms. The molecule has 0 amide bonds. The summed E-state index contributed by atoms with van der Waals surface area (Å²) in [5.41, 5.74) is -0.272. The van der Waals surface area contributed by atoms with Crippen LogP contribution in [0.25, 0.3) is 0 Å². The molecule has 1 fully saturated rings. The molecule has 0 saturated carbocycles. The number of benzene rings is 1. The van der Waals surface area contributed by atoms with Gasteiger partial charge >= 0.3 is 5.97 Å². The summed E-state index contributed by atoms with van der Waals surface area (Å²) < 4.78 is 18.5. The van der Waals surface area contributed by atoms with Crippen molar-refractivity contribution in [1.29, 1.82) is 0 Å². The molecule has 1 aliphatic rings. The van der Waals surface area contributed by atoms with Crippen LogP contribution in [-0.4, -0.2) is 29.5 Å². The zero-order valence-corrected chi connectivity index (χ0v) is 10.0. The molecule has 3 nitrogen and oxygen atoms in total. The molecule has 1 N–H and O–H groups in total. The number of rotatable bonds is 3. The number of carbonyl (C=O) groups is 1. The van der Waals surface area contributed by atoms with Crippen LogP contribution in [0.5, 0.6) is 0 Å². The molecule has 0 aliphatic carbocycles. The maximum absolute atomic E-state index is 13.2. The predicted molar refractivity (Wildman–Crippen MR) is 63.1 cm³/mol. The first-order valence-corrected chi connectivity index (χ1v) is 6.32. The Morgan fingerprint density at radius 3 is 3.00 bits per heavy atom. The van der Waals surface area contributed by atoms with E-state index in [0.29, 0.717) is 11.9 Å². The van der Waals surface area contributed by atoms with Gasteiger partial charge in [-0.25, -0.2) is 9.18 Å². The molecule has 1 aliphatic heterocycles. The second-order valence-electron chi connectivity index (χ2n) is 3.90. The Labute approximate surface area is 103 Å². The molecule has 2 rings (SSSR count). The lowest BCUT2D eigenvalue weighted by Gasteiger charge is -2.21. The van der Waals surface area contributed by atoms with Crippen molar-refractivity contribution < 1.29 is 19.0 Å². The summed E-state index contributed by atoms with van der Waals surface area (Å²) in [6.07, 6.45) is 2.06. The van der Waals surface area contributed by atoms with Crippen LogP contribution in [0.1, 0.15) is 23.2 Å². The standard InChI is InChI=1S/C12H13FO3S/c13-11-4-3-8(6-10(11)12(14)15)17-9-2-1-5-16-7-9/h3-4,6,9H,1-2,5,7H2,(H,14,15). The number of carboxylic acids is 1. The minimum absolute atomic E-state index is 0.272. The number of thioether (sulfide) groups is 1. The fraction of sp³-hybridized carbons (Fsp3) is 0.417. The highest BCUT2D eigenvalue weighted by molar-refractivity contribution is 8.00. The van der Waals surface area contributed by atoms with Crippen LogP contribution in [0.3, 0.4) is 0 Å². The van der Waals surface area contributed by atoms with Gasteiger partial charge in [-0.15, -0.1) is 11.8 Å². The van der Waals surface area contributed by atoms with Crippen LogP contribution in [0.2, 0.25) is 0 Å². The summed E-state index contributed by atoms with van der Waals surface area (Å²) in [4.78, 5) is 11.6. The van der Waals surface area contributed by atoms with E-state index in [-0.39, 0.29) is 5.56 Å². The van der Waals surface area contributed by atoms with Gasteiger partial charge < -0.3 is 9.84 Å². The smallest absolute Gasteiger partial charge is 0.338 e. The Hall–Kier alpha value is -1.07. The van der Waals surface area contributed by atoms with Crippen LogP contribution in [0.15, 0.2) is 23.1 Å². The summed E-state index contributed by atoms with van der Waals surface area (Å²) in [6.45, 7) is 1.46. The van der Waals surface area contributed by atoms with E-state index in [1.54, 1.807) is 17.8 Å². The Morgan fingerprint density at radius 1 is 1.53 bits per heavy atom. The maximum Gasteiger partial charge on any atom is 0.338 e. The summed E-state index contributed by atoms with van der Waals surface area (Å²) in [5, 5.41) is 9.15. The minimum Gasteiger partial charge on any atom is -0.478 e. The van der Waals surface area contributed by atoms with Crippen molar-refractivity contribution in [2.24, 2.45) is 0 Å². The van der Waals surface area contributed by atoms with Gasteiger partial charge in [-0.05, 0) is 31.0 Å². The normalized spacial score (nSPS) is 20.2. The van der Waals surface area contributed by atoms with Gasteiger partial charge in [-0.2, -0.15) is 0 Å². The highest BCUT2D eigenvalue weighted by Gasteiger charge is 2.17. The second-order valence-corrected chi connectivity index (χ2v) is 5.28. The number of carboxylic acid groups (broad SMARTS) is 1. The van der Waals surface area contributed by atoms with Gasteiger partial charge in [0, 0.05) is 16.8 Å². The minimum atomic E-state index is -1.23. The lowest BCUT2D eigenvalue weighted by atomic mass is 10.2. The molecule has 1 aromatic carbocycles. The number of hydrogen-bond acceptors (Lipinski definition) is 3. The molecule has 17 heavy (non-hydrogen) atoms. The van der Waals surface area contributed by atoms with Crippen LogP contribution < -0.4 is 0 Å². The molecule has 1 saturated heterocycles. The summed E-state index contributed by atoms with van der Waals surface area (Å²) in [7, 11) is 0. The van der Waals surface area contributed by atoms with Crippen molar-refractivity contribution in [2.45, 2.75) is 23.0 Å². The quantitative estimate of drug-likeness (QED) is 0.903. The molecule has 1 unspecified atom stereocenters. The lowest BCUT2D eigenvalue weighted by molar-refractivity contribution is 0.0691. The first-order chi connectivity index (χ1) is 8.16. The average molecular weight is 256 g/mol. The zero-order chi connectivity index (χ0) is 12.3. The first kappa shape index (κ1) is 12.4. The number of aromatic carboxylic acids is 1. The summed E-state index contributed by atoms with van der Waals surface area (Å²) in [5.74, 6) is -1.92. The maximum atomic E-state index is 13.2. The van der Waals surface area contributed by atoms with Gasteiger partial charge in [0.05, 0.1) is 12.2 Å². The SMILES string of the molecule is O=C(O)c1cc(SC2CCCOC2)ccc1F. The van der Waals surface area contributed by atoms with Crippen molar-refractivity contribution in [1.82, 2.24) is 0 Å². The first-order valence-electron chi connectivity index (χ1n) is 5.44. The van der Waals surface area contributed by atoms with Gasteiger partial charge in [0.1, 0.15) is 5.82 Å². The van der Waals surface area contributed by atoms with Crippen LogP contribution in [0, 0.1) is 5.82 Å². The third kappa shape index (κ3) is 3.20. The lowest BCUT2D eigenvalue weighted by Crippen LogP contribution is -2.19. The van der Waals surface area contributed by atoms with E-state index in [2.05, 4.69) is 0 Å². The third-order valence-corrected chi connectivity index (χ3v) is 3.82. The van der Waals surface area contributed by atoms with Crippen LogP contribution in [0.4, 0.5) is 4.39 Å². The van der Waals surface area contributed by atoms with E-state index in [4.69, 9.17) is 9.84 Å². The van der Waals surface area contributed by atoms with Crippen molar-refractivity contribution >= 4 is 17.7 Å². The van der Waals surface area contributed by atoms with Gasteiger partial charge in [0.15, 0.2) is 0 Å². The highest BCUT2D eigenvalue weighted by atomic mass is 32.2. The van der Waals surface area contributed by atoms with Crippen molar-refractivity contribution in [3.05, 3.63) is 29.6 Å². The molecular formula is C12H13FO3S. The largest absolute Gasteiger partial charge is 0.478 e. The van der Waals surface area contributed by atoms with Gasteiger partial charge in [0.2, 0.25) is 0 Å². The predicted octanol–water partition coefficient (Wildman–Crippen LogP) is 2.80. The zero-order valence-electron chi connectivity index (χ0n) is 9.19. The molecule has 0 bridgehead atoms. The van der Waals surface area contributed by atoms with Crippen molar-refractivity contribution in [3.63, 3.8) is 0 Å². The van der Waals surface area contributed by atoms with E-state index >= 15 is 0 Å². The molecule has 0 aromatic heterocycles. The van der Waals surface area contributed by atoms with E-state index in [0.717, 1.165) is 24.3 Å². The van der Waals surface area contributed by atoms with Gasteiger partial charge in [0.25, 0.3) is 0 Å². The molecule has 1 heterocycles. The van der Waals surface area contributed by atoms with E-state index in [1.807, 2.05) is 0 Å². The fourth-order valence-corrected chi connectivity index (χ4v) is 2.90. The summed E-state index contributed by atoms with van der Waals surface area (Å²) >= 11 is 1.55. The van der Waals surface area contributed by atoms with Crippen molar-refractivity contribution in [3.8, 4) is 0 Å². The van der Waals surface area contributed by atoms with E-state index in [1.165, 1.54) is 12.1 Å². The number of halogens is 1. The molecular weight excluding hydrogens is 243 g/mol. The Kier molecular flexibility index (Phi) is 4.02. The molecule has 1 atom stereocenters. The molecule has 92 valence electrons. The van der Waals surface area contributed by atoms with Crippen LogP contribution >= 0.6 is 11.8 Å². The van der Waals surface area contributed by atoms with E-state index < -0.39 is 11.8 Å². The third-order valence-electron chi connectivity index (χ3n) is 2.59. The highest BCUT2D eigenvalue weighted by Crippen LogP contribution is 2.29. The monoisotopic (exact) mass is 256 g/mol. The second kappa shape index (κ2) is 5.51. The molecule has 1 aromatic rings. The van der Waals surface area contributed by atoms with Gasteiger partial charge in [-0.1, -0.05) is 0 Å². The topological polar surface area (TPSA) is 46.5 Å². The van der Waals surface area contributed by atoms with E-state index in [9.17, 15) is 9.18 Å². The van der Waals surface area contributed by atoms with Gasteiger partial charge in [-0.3, -0.25) is 0 Å². The number of ether oxygens (including phenoxy) is 1. The average Bonchev–Trinajstić information content (AvgIpc) is 2.32. The summed E-state index contributed by atoms with van der Waals surface area (Å²) in [6, 6.07) is 4.20. The Balaban J connectivity index is 2.10. The van der Waals surface area contributed by atoms with Crippen molar-refractivity contribution in [2.75, 3.05) is 13.2 Å². The molecule has 0 radical (unpaired) electrons. The Bertz CT molecular complexity index is 416. The molecule has 0 spiro atoms. The fourth-order valence-electron chi connectivity index (χ4n) is 1.74.